The lowest BCUT2D eigenvalue weighted by Gasteiger charge is -2.18. The highest BCUT2D eigenvalue weighted by atomic mass is 14.6. The van der Waals surface area contributed by atoms with Gasteiger partial charge in [0.2, 0.25) is 0 Å². The van der Waals surface area contributed by atoms with E-state index < -0.39 is 0 Å². The Morgan fingerprint density at radius 1 is 1.12 bits per heavy atom. The van der Waals surface area contributed by atoms with Gasteiger partial charge in [0.05, 0.1) is 0 Å². The van der Waals surface area contributed by atoms with Crippen LogP contribution >= 0.6 is 0 Å². The van der Waals surface area contributed by atoms with Gasteiger partial charge >= 0.3 is 0 Å². The summed E-state index contributed by atoms with van der Waals surface area (Å²) < 4.78 is 0. The average molecular weight is 231 g/mol. The maximum atomic E-state index is 5.84. The molecule has 1 heteroatoms. The molecule has 0 bridgehead atoms. The van der Waals surface area contributed by atoms with Gasteiger partial charge in [-0.2, -0.15) is 0 Å². The van der Waals surface area contributed by atoms with Crippen LogP contribution in [0.15, 0.2) is 24.3 Å². The van der Waals surface area contributed by atoms with Crippen LogP contribution in [0.5, 0.6) is 0 Å². The molecule has 2 atom stereocenters. The van der Waals surface area contributed by atoms with E-state index in [1.54, 1.807) is 0 Å². The largest absolute Gasteiger partial charge is 0.330 e. The van der Waals surface area contributed by atoms with Crippen molar-refractivity contribution in [3.63, 3.8) is 0 Å². The van der Waals surface area contributed by atoms with Gasteiger partial charge < -0.3 is 5.73 Å². The maximum Gasteiger partial charge on any atom is -0.00461 e. The van der Waals surface area contributed by atoms with Crippen molar-refractivity contribution in [3.05, 3.63) is 35.4 Å². The SMILES string of the molecule is CC(C)c1ccc(CC2CCCC2CN)cc1. The van der Waals surface area contributed by atoms with Gasteiger partial charge in [-0.05, 0) is 54.7 Å². The van der Waals surface area contributed by atoms with Crippen molar-refractivity contribution in [2.24, 2.45) is 17.6 Å². The number of rotatable bonds is 4. The predicted octanol–water partition coefficient (Wildman–Crippen LogP) is 3.73. The van der Waals surface area contributed by atoms with Crippen LogP contribution < -0.4 is 5.73 Å². The third kappa shape index (κ3) is 3.10. The minimum Gasteiger partial charge on any atom is -0.330 e. The highest BCUT2D eigenvalue weighted by Gasteiger charge is 2.25. The van der Waals surface area contributed by atoms with Gasteiger partial charge in [-0.3, -0.25) is 0 Å². The molecule has 0 radical (unpaired) electrons. The van der Waals surface area contributed by atoms with E-state index in [0.717, 1.165) is 18.4 Å². The Morgan fingerprint density at radius 3 is 2.35 bits per heavy atom. The second-order valence-electron chi connectivity index (χ2n) is 5.79. The van der Waals surface area contributed by atoms with E-state index in [4.69, 9.17) is 5.73 Å². The van der Waals surface area contributed by atoms with Crippen molar-refractivity contribution < 1.29 is 0 Å². The van der Waals surface area contributed by atoms with Crippen molar-refractivity contribution in [3.8, 4) is 0 Å². The summed E-state index contributed by atoms with van der Waals surface area (Å²) in [6.45, 7) is 5.36. The molecule has 1 nitrogen and oxygen atoms in total. The molecule has 1 aliphatic carbocycles. The first-order valence-electron chi connectivity index (χ1n) is 6.99. The van der Waals surface area contributed by atoms with Gasteiger partial charge in [0.15, 0.2) is 0 Å². The smallest absolute Gasteiger partial charge is 0.00461 e. The van der Waals surface area contributed by atoms with E-state index >= 15 is 0 Å². The molecule has 0 saturated heterocycles. The zero-order valence-corrected chi connectivity index (χ0v) is 11.2. The van der Waals surface area contributed by atoms with Crippen molar-refractivity contribution in [2.45, 2.75) is 45.4 Å². The van der Waals surface area contributed by atoms with Gasteiger partial charge in [-0.25, -0.2) is 0 Å². The van der Waals surface area contributed by atoms with Crippen molar-refractivity contribution in [1.29, 1.82) is 0 Å². The van der Waals surface area contributed by atoms with Crippen LogP contribution in [-0.2, 0) is 6.42 Å². The van der Waals surface area contributed by atoms with Crippen LogP contribution in [0.25, 0.3) is 0 Å². The van der Waals surface area contributed by atoms with Gasteiger partial charge in [0, 0.05) is 0 Å². The van der Waals surface area contributed by atoms with Gasteiger partial charge in [0.1, 0.15) is 0 Å². The van der Waals surface area contributed by atoms with Crippen molar-refractivity contribution in [2.75, 3.05) is 6.54 Å². The van der Waals surface area contributed by atoms with Crippen LogP contribution in [0.1, 0.15) is 50.2 Å². The molecule has 0 heterocycles. The fourth-order valence-electron chi connectivity index (χ4n) is 3.03. The molecule has 0 amide bonds. The minimum absolute atomic E-state index is 0.632. The molecule has 2 unspecified atom stereocenters. The zero-order chi connectivity index (χ0) is 12.3. The summed E-state index contributed by atoms with van der Waals surface area (Å²) in [5.74, 6) is 2.22. The molecular formula is C16H25N. The summed E-state index contributed by atoms with van der Waals surface area (Å²) in [6, 6.07) is 9.18. The Kier molecular flexibility index (Phi) is 4.22. The van der Waals surface area contributed by atoms with E-state index in [0.29, 0.717) is 5.92 Å². The topological polar surface area (TPSA) is 26.0 Å². The second kappa shape index (κ2) is 5.68. The van der Waals surface area contributed by atoms with E-state index in [1.807, 2.05) is 0 Å². The summed E-state index contributed by atoms with van der Waals surface area (Å²) in [6.07, 6.45) is 5.30. The number of nitrogens with two attached hydrogens (primary N) is 1. The molecule has 2 rings (SSSR count). The summed E-state index contributed by atoms with van der Waals surface area (Å²) >= 11 is 0. The highest BCUT2D eigenvalue weighted by Crippen LogP contribution is 2.33. The predicted molar refractivity (Wildman–Crippen MR) is 74.1 cm³/mol. The molecule has 94 valence electrons. The monoisotopic (exact) mass is 231 g/mol. The first kappa shape index (κ1) is 12.6. The van der Waals surface area contributed by atoms with E-state index in [2.05, 4.69) is 38.1 Å². The summed E-state index contributed by atoms with van der Waals surface area (Å²) in [5, 5.41) is 0. The van der Waals surface area contributed by atoms with Crippen LogP contribution in [0.4, 0.5) is 0 Å². The fourth-order valence-corrected chi connectivity index (χ4v) is 3.03. The zero-order valence-electron chi connectivity index (χ0n) is 11.2. The molecule has 1 aromatic rings. The minimum atomic E-state index is 0.632. The fraction of sp³-hybridized carbons (Fsp3) is 0.625. The molecule has 17 heavy (non-hydrogen) atoms. The van der Waals surface area contributed by atoms with Crippen molar-refractivity contribution >= 4 is 0 Å². The van der Waals surface area contributed by atoms with Gasteiger partial charge in [-0.1, -0.05) is 44.5 Å². The molecule has 1 aromatic carbocycles. The standard InChI is InChI=1S/C16H25N/c1-12(2)14-8-6-13(7-9-14)10-15-4-3-5-16(15)11-17/h6-9,12,15-16H,3-5,10-11,17H2,1-2H3. The molecule has 0 spiro atoms. The lowest BCUT2D eigenvalue weighted by atomic mass is 9.89. The quantitative estimate of drug-likeness (QED) is 0.839. The Bertz CT molecular complexity index is 339. The van der Waals surface area contributed by atoms with Crippen LogP contribution in [0.2, 0.25) is 0 Å². The molecule has 0 aliphatic heterocycles. The van der Waals surface area contributed by atoms with E-state index in [-0.39, 0.29) is 0 Å². The normalized spacial score (nSPS) is 24.5. The first-order chi connectivity index (χ1) is 8.20. The lowest BCUT2D eigenvalue weighted by molar-refractivity contribution is 0.394. The lowest BCUT2D eigenvalue weighted by Crippen LogP contribution is -2.20. The van der Waals surface area contributed by atoms with Crippen LogP contribution in [0.3, 0.4) is 0 Å². The molecule has 1 fully saturated rings. The Labute approximate surface area is 105 Å². The molecule has 1 saturated carbocycles. The van der Waals surface area contributed by atoms with E-state index in [9.17, 15) is 0 Å². The summed E-state index contributed by atoms with van der Waals surface area (Å²) in [7, 11) is 0. The highest BCUT2D eigenvalue weighted by molar-refractivity contribution is 5.25. The van der Waals surface area contributed by atoms with Crippen LogP contribution in [-0.4, -0.2) is 6.54 Å². The Morgan fingerprint density at radius 2 is 1.76 bits per heavy atom. The third-order valence-corrected chi connectivity index (χ3v) is 4.26. The third-order valence-electron chi connectivity index (χ3n) is 4.26. The first-order valence-corrected chi connectivity index (χ1v) is 6.99. The number of benzene rings is 1. The molecule has 0 aromatic heterocycles. The molecular weight excluding hydrogens is 206 g/mol. The number of hydrogen-bond acceptors (Lipinski definition) is 1. The van der Waals surface area contributed by atoms with Crippen molar-refractivity contribution in [1.82, 2.24) is 0 Å². The number of hydrogen-bond donors (Lipinski definition) is 1. The van der Waals surface area contributed by atoms with Gasteiger partial charge in [0.25, 0.3) is 0 Å². The Hall–Kier alpha value is -0.820. The Balaban J connectivity index is 1.99. The van der Waals surface area contributed by atoms with E-state index in [1.165, 1.54) is 36.8 Å². The van der Waals surface area contributed by atoms with Gasteiger partial charge in [-0.15, -0.1) is 0 Å². The summed E-state index contributed by atoms with van der Waals surface area (Å²) in [4.78, 5) is 0. The maximum absolute atomic E-state index is 5.84. The van der Waals surface area contributed by atoms with Crippen LogP contribution in [0, 0.1) is 11.8 Å². The molecule has 1 aliphatic rings. The summed E-state index contributed by atoms with van der Waals surface area (Å²) in [5.41, 5.74) is 8.77. The molecule has 2 N–H and O–H groups in total. The average Bonchev–Trinajstić information content (AvgIpc) is 2.77. The second-order valence-corrected chi connectivity index (χ2v) is 5.79.